The topological polar surface area (TPSA) is 93.1 Å². The number of benzene rings is 1. The maximum absolute atomic E-state index is 11.9. The van der Waals surface area contributed by atoms with E-state index in [-0.39, 0.29) is 36.5 Å². The van der Waals surface area contributed by atoms with Crippen LogP contribution in [0, 0.1) is 0 Å². The van der Waals surface area contributed by atoms with Crippen LogP contribution in [0.2, 0.25) is 0 Å². The van der Waals surface area contributed by atoms with Crippen LogP contribution < -0.4 is 4.74 Å². The van der Waals surface area contributed by atoms with Crippen LogP contribution in [0.1, 0.15) is 35.2 Å². The lowest BCUT2D eigenvalue weighted by Gasteiger charge is -2.38. The van der Waals surface area contributed by atoms with Crippen molar-refractivity contribution in [1.29, 1.82) is 0 Å². The minimum absolute atomic E-state index is 0.00493. The van der Waals surface area contributed by atoms with Crippen LogP contribution in [0.25, 0.3) is 0 Å². The molecule has 0 amide bonds. The Bertz CT molecular complexity index is 654. The van der Waals surface area contributed by atoms with E-state index in [2.05, 4.69) is 0 Å². The van der Waals surface area contributed by atoms with Gasteiger partial charge in [-0.1, -0.05) is 0 Å². The SMILES string of the molecule is O=Cc1ccc(O)c2c1C13CC(O)O[C@H]1CC(=O)C[C@@H]3O2. The molecule has 0 aromatic heterocycles. The number of Topliss-reactive ketones (excluding diaryl/α,β-unsaturated/α-hetero) is 1. The summed E-state index contributed by atoms with van der Waals surface area (Å²) < 4.78 is 11.3. The third-order valence-corrected chi connectivity index (χ3v) is 4.83. The lowest BCUT2D eigenvalue weighted by atomic mass is 9.64. The van der Waals surface area contributed by atoms with Gasteiger partial charge in [0.15, 0.2) is 17.8 Å². The number of hydrogen-bond donors (Lipinski definition) is 2. The van der Waals surface area contributed by atoms with Gasteiger partial charge in [0, 0.05) is 30.4 Å². The van der Waals surface area contributed by atoms with E-state index in [1.807, 2.05) is 0 Å². The Kier molecular flexibility index (Phi) is 2.47. The number of carbonyl (C=O) groups is 2. The van der Waals surface area contributed by atoms with Crippen LogP contribution in [0.3, 0.4) is 0 Å². The minimum Gasteiger partial charge on any atom is -0.504 e. The normalized spacial score (nSPS) is 36.6. The highest BCUT2D eigenvalue weighted by Crippen LogP contribution is 2.59. The summed E-state index contributed by atoms with van der Waals surface area (Å²) in [6.45, 7) is 0. The van der Waals surface area contributed by atoms with E-state index in [0.717, 1.165) is 0 Å². The van der Waals surface area contributed by atoms with Crippen molar-refractivity contribution >= 4 is 12.1 Å². The number of ketones is 1. The lowest BCUT2D eigenvalue weighted by Crippen LogP contribution is -2.51. The summed E-state index contributed by atoms with van der Waals surface area (Å²) in [5.74, 6) is 0.170. The number of aromatic hydroxyl groups is 1. The molecule has 1 spiro atoms. The highest BCUT2D eigenvalue weighted by Gasteiger charge is 2.63. The third kappa shape index (κ3) is 1.49. The molecule has 1 aliphatic carbocycles. The standard InChI is InChI=1S/C15H14O6/c16-6-7-1-2-9(18)14-13(7)15-5-12(19)20-10(15)3-8(17)4-11(15)21-14/h1-2,6,10-12,18-19H,3-5H2/t10-,11-,12?,15?/m0/s1. The van der Waals surface area contributed by atoms with Crippen LogP contribution in [0.15, 0.2) is 12.1 Å². The van der Waals surface area contributed by atoms with Gasteiger partial charge in [-0.25, -0.2) is 0 Å². The molecule has 1 saturated carbocycles. The van der Waals surface area contributed by atoms with E-state index in [1.165, 1.54) is 12.1 Å². The van der Waals surface area contributed by atoms with Gasteiger partial charge in [-0.15, -0.1) is 0 Å². The Hall–Kier alpha value is -1.92. The van der Waals surface area contributed by atoms with Crippen molar-refractivity contribution in [2.24, 2.45) is 0 Å². The fraction of sp³-hybridized carbons (Fsp3) is 0.467. The van der Waals surface area contributed by atoms with Crippen molar-refractivity contribution in [3.63, 3.8) is 0 Å². The molecule has 4 rings (SSSR count). The largest absolute Gasteiger partial charge is 0.504 e. The number of aliphatic hydroxyl groups is 1. The van der Waals surface area contributed by atoms with Gasteiger partial charge in [-0.05, 0) is 12.1 Å². The van der Waals surface area contributed by atoms with E-state index in [1.54, 1.807) is 0 Å². The summed E-state index contributed by atoms with van der Waals surface area (Å²) in [5.41, 5.74) is 0.233. The Morgan fingerprint density at radius 1 is 1.29 bits per heavy atom. The number of phenolic OH excluding ortho intramolecular Hbond substituents is 1. The van der Waals surface area contributed by atoms with Crippen molar-refractivity contribution in [2.75, 3.05) is 0 Å². The predicted octanol–water partition coefficient (Wildman–Crippen LogP) is 0.674. The molecule has 110 valence electrons. The molecule has 3 aliphatic rings. The van der Waals surface area contributed by atoms with Crippen LogP contribution in [0.5, 0.6) is 11.5 Å². The number of ether oxygens (including phenoxy) is 2. The summed E-state index contributed by atoms with van der Waals surface area (Å²) in [6.07, 6.45) is -0.698. The Morgan fingerprint density at radius 2 is 2.05 bits per heavy atom. The second kappa shape index (κ2) is 4.05. The van der Waals surface area contributed by atoms with E-state index < -0.39 is 23.9 Å². The quantitative estimate of drug-likeness (QED) is 0.739. The summed E-state index contributed by atoms with van der Waals surface area (Å²) in [4.78, 5) is 23.2. The molecule has 2 heterocycles. The van der Waals surface area contributed by atoms with Gasteiger partial charge in [0.2, 0.25) is 0 Å². The summed E-state index contributed by atoms with van der Waals surface area (Å²) in [7, 11) is 0. The number of aliphatic hydroxyl groups excluding tert-OH is 1. The molecule has 1 aromatic carbocycles. The van der Waals surface area contributed by atoms with E-state index in [0.29, 0.717) is 17.4 Å². The molecule has 0 bridgehead atoms. The molecule has 21 heavy (non-hydrogen) atoms. The Morgan fingerprint density at radius 3 is 2.81 bits per heavy atom. The third-order valence-electron chi connectivity index (χ3n) is 4.83. The zero-order chi connectivity index (χ0) is 14.8. The number of phenols is 1. The van der Waals surface area contributed by atoms with Crippen LogP contribution in [0.4, 0.5) is 0 Å². The maximum Gasteiger partial charge on any atom is 0.166 e. The summed E-state index contributed by atoms with van der Waals surface area (Å²) in [6, 6.07) is 2.93. The van der Waals surface area contributed by atoms with Crippen LogP contribution in [-0.2, 0) is 14.9 Å². The first-order chi connectivity index (χ1) is 10.1. The van der Waals surface area contributed by atoms with Gasteiger partial charge in [-0.2, -0.15) is 0 Å². The summed E-state index contributed by atoms with van der Waals surface area (Å²) >= 11 is 0. The van der Waals surface area contributed by atoms with Gasteiger partial charge >= 0.3 is 0 Å². The molecule has 2 fully saturated rings. The average Bonchev–Trinajstić information content (AvgIpc) is 2.93. The van der Waals surface area contributed by atoms with Gasteiger partial charge in [0.05, 0.1) is 11.5 Å². The maximum atomic E-state index is 11.9. The molecular formula is C15H14O6. The highest BCUT2D eigenvalue weighted by atomic mass is 16.6. The predicted molar refractivity (Wildman–Crippen MR) is 69.3 cm³/mol. The fourth-order valence-electron chi connectivity index (χ4n) is 4.03. The molecule has 2 aliphatic heterocycles. The minimum atomic E-state index is -1.00. The van der Waals surface area contributed by atoms with Crippen molar-refractivity contribution in [1.82, 2.24) is 0 Å². The first-order valence-electron chi connectivity index (χ1n) is 6.89. The second-order valence-electron chi connectivity index (χ2n) is 5.87. The van der Waals surface area contributed by atoms with Gasteiger partial charge < -0.3 is 19.7 Å². The van der Waals surface area contributed by atoms with Crippen molar-refractivity contribution in [2.45, 2.75) is 43.2 Å². The molecule has 1 saturated heterocycles. The first kappa shape index (κ1) is 12.8. The molecule has 6 nitrogen and oxygen atoms in total. The van der Waals surface area contributed by atoms with Gasteiger partial charge in [-0.3, -0.25) is 9.59 Å². The van der Waals surface area contributed by atoms with Gasteiger partial charge in [0.1, 0.15) is 18.2 Å². The molecule has 2 N–H and O–H groups in total. The molecule has 4 atom stereocenters. The zero-order valence-corrected chi connectivity index (χ0v) is 11.1. The van der Waals surface area contributed by atoms with E-state index in [4.69, 9.17) is 9.47 Å². The number of hydrogen-bond acceptors (Lipinski definition) is 6. The van der Waals surface area contributed by atoms with E-state index >= 15 is 0 Å². The highest BCUT2D eigenvalue weighted by molar-refractivity contribution is 5.86. The number of fused-ring (bicyclic) bond motifs is 1. The smallest absolute Gasteiger partial charge is 0.166 e. The fourth-order valence-corrected chi connectivity index (χ4v) is 4.03. The Labute approximate surface area is 120 Å². The van der Waals surface area contributed by atoms with Crippen molar-refractivity contribution in [3.05, 3.63) is 23.3 Å². The van der Waals surface area contributed by atoms with Crippen LogP contribution in [-0.4, -0.2) is 40.8 Å². The van der Waals surface area contributed by atoms with Crippen molar-refractivity contribution < 1.29 is 29.3 Å². The zero-order valence-electron chi connectivity index (χ0n) is 11.1. The number of aldehydes is 1. The monoisotopic (exact) mass is 290 g/mol. The number of rotatable bonds is 1. The Balaban J connectivity index is 1.98. The van der Waals surface area contributed by atoms with E-state index in [9.17, 15) is 19.8 Å². The van der Waals surface area contributed by atoms with Crippen molar-refractivity contribution in [3.8, 4) is 11.5 Å². The van der Waals surface area contributed by atoms with Crippen LogP contribution >= 0.6 is 0 Å². The second-order valence-corrected chi connectivity index (χ2v) is 5.87. The molecule has 0 radical (unpaired) electrons. The van der Waals surface area contributed by atoms with Gasteiger partial charge in [0.25, 0.3) is 0 Å². The molecule has 2 unspecified atom stereocenters. The molecular weight excluding hydrogens is 276 g/mol. The lowest BCUT2D eigenvalue weighted by molar-refractivity contribution is -0.135. The molecule has 1 aromatic rings. The summed E-state index contributed by atoms with van der Waals surface area (Å²) in [5, 5.41) is 19.9. The number of carbonyl (C=O) groups excluding carboxylic acids is 2. The first-order valence-corrected chi connectivity index (χ1v) is 6.89. The molecule has 6 heteroatoms. The average molecular weight is 290 g/mol.